The minimum absolute atomic E-state index is 0.109. The van der Waals surface area contributed by atoms with E-state index in [1.807, 2.05) is 30.3 Å². The predicted molar refractivity (Wildman–Crippen MR) is 113 cm³/mol. The molecule has 1 unspecified atom stereocenters. The molecule has 31 heavy (non-hydrogen) atoms. The highest BCUT2D eigenvalue weighted by atomic mass is 16.5. The van der Waals surface area contributed by atoms with Crippen molar-refractivity contribution in [1.29, 1.82) is 0 Å². The summed E-state index contributed by atoms with van der Waals surface area (Å²) in [5.41, 5.74) is 2.50. The van der Waals surface area contributed by atoms with Crippen LogP contribution in [0.5, 0.6) is 11.5 Å². The van der Waals surface area contributed by atoms with Gasteiger partial charge in [-0.25, -0.2) is 0 Å². The number of anilines is 1. The molecule has 0 saturated heterocycles. The number of aromatic nitrogens is 3. The Bertz CT molecular complexity index is 1110. The van der Waals surface area contributed by atoms with Gasteiger partial charge in [0.15, 0.2) is 11.5 Å². The van der Waals surface area contributed by atoms with E-state index in [9.17, 15) is 9.59 Å². The number of carbonyl (C=O) groups is 2. The highest BCUT2D eigenvalue weighted by molar-refractivity contribution is 6.00. The van der Waals surface area contributed by atoms with Gasteiger partial charge >= 0.3 is 0 Å². The largest absolute Gasteiger partial charge is 0.493 e. The first-order chi connectivity index (χ1) is 15.1. The quantitative estimate of drug-likeness (QED) is 0.514. The van der Waals surface area contributed by atoms with Crippen LogP contribution in [0.25, 0.3) is 0 Å². The molecule has 0 fully saturated rings. The first-order valence-electron chi connectivity index (χ1n) is 9.89. The van der Waals surface area contributed by atoms with Crippen LogP contribution >= 0.6 is 0 Å². The van der Waals surface area contributed by atoms with E-state index in [0.29, 0.717) is 35.7 Å². The van der Waals surface area contributed by atoms with Crippen molar-refractivity contribution in [3.63, 3.8) is 0 Å². The van der Waals surface area contributed by atoms with Crippen molar-refractivity contribution in [2.75, 3.05) is 19.5 Å². The lowest BCUT2D eigenvalue weighted by Gasteiger charge is -2.10. The van der Waals surface area contributed by atoms with Gasteiger partial charge in [-0.15, -0.1) is 5.10 Å². The number of hydrogen-bond acceptors (Lipinski definition) is 6. The fourth-order valence-corrected chi connectivity index (χ4v) is 3.61. The monoisotopic (exact) mass is 421 g/mol. The lowest BCUT2D eigenvalue weighted by Crippen LogP contribution is -2.24. The van der Waals surface area contributed by atoms with Crippen LogP contribution in [-0.4, -0.2) is 41.2 Å². The molecule has 0 aliphatic carbocycles. The van der Waals surface area contributed by atoms with Crippen molar-refractivity contribution in [2.24, 2.45) is 0 Å². The Morgan fingerprint density at radius 3 is 2.71 bits per heavy atom. The summed E-state index contributed by atoms with van der Waals surface area (Å²) in [5.74, 6) is 1.79. The Morgan fingerprint density at radius 2 is 1.90 bits per heavy atom. The van der Waals surface area contributed by atoms with Gasteiger partial charge in [-0.05, 0) is 35.7 Å². The van der Waals surface area contributed by atoms with Crippen LogP contribution in [0.3, 0.4) is 0 Å². The number of fused-ring (bicyclic) bond motifs is 1. The molecule has 3 aromatic rings. The molecule has 0 radical (unpaired) electrons. The van der Waals surface area contributed by atoms with Gasteiger partial charge in [0, 0.05) is 12.0 Å². The maximum Gasteiger partial charge on any atom is 0.252 e. The third-order valence-electron chi connectivity index (χ3n) is 5.16. The fourth-order valence-electron chi connectivity index (χ4n) is 3.61. The average molecular weight is 421 g/mol. The maximum atomic E-state index is 12.4. The van der Waals surface area contributed by atoms with E-state index >= 15 is 0 Å². The second-order valence-corrected chi connectivity index (χ2v) is 7.16. The summed E-state index contributed by atoms with van der Waals surface area (Å²) in [7, 11) is 3.20. The summed E-state index contributed by atoms with van der Waals surface area (Å²) in [4.78, 5) is 28.8. The van der Waals surface area contributed by atoms with Gasteiger partial charge in [0.25, 0.3) is 5.91 Å². The van der Waals surface area contributed by atoms with Crippen LogP contribution in [-0.2, 0) is 17.6 Å². The van der Waals surface area contributed by atoms with E-state index in [1.54, 1.807) is 26.4 Å². The molecule has 1 aliphatic rings. The zero-order valence-corrected chi connectivity index (χ0v) is 17.3. The van der Waals surface area contributed by atoms with E-state index in [4.69, 9.17) is 9.47 Å². The van der Waals surface area contributed by atoms with Crippen LogP contribution in [0.4, 0.5) is 5.95 Å². The number of nitrogens with one attached hydrogen (secondary N) is 3. The number of aromatic amines is 1. The Morgan fingerprint density at radius 1 is 1.10 bits per heavy atom. The summed E-state index contributed by atoms with van der Waals surface area (Å²) in [6.45, 7) is 0. The number of rotatable bonds is 8. The Kier molecular flexibility index (Phi) is 5.83. The molecule has 160 valence electrons. The lowest BCUT2D eigenvalue weighted by atomic mass is 10.0. The molecular formula is C22H23N5O4. The average Bonchev–Trinajstić information content (AvgIpc) is 3.36. The number of ether oxygens (including phenoxy) is 2. The summed E-state index contributed by atoms with van der Waals surface area (Å²) >= 11 is 0. The van der Waals surface area contributed by atoms with Crippen molar-refractivity contribution in [3.8, 4) is 11.5 Å². The third-order valence-corrected chi connectivity index (χ3v) is 5.16. The summed E-state index contributed by atoms with van der Waals surface area (Å²) < 4.78 is 10.6. The molecular weight excluding hydrogens is 398 g/mol. The zero-order valence-electron chi connectivity index (χ0n) is 17.3. The van der Waals surface area contributed by atoms with Crippen LogP contribution in [0.1, 0.15) is 39.8 Å². The molecule has 2 amide bonds. The van der Waals surface area contributed by atoms with E-state index in [2.05, 4.69) is 25.8 Å². The Labute approximate surface area is 179 Å². The highest BCUT2D eigenvalue weighted by Gasteiger charge is 2.29. The molecule has 2 heterocycles. The Hall–Kier alpha value is -3.88. The van der Waals surface area contributed by atoms with Gasteiger partial charge in [0.2, 0.25) is 11.9 Å². The lowest BCUT2D eigenvalue weighted by molar-refractivity contribution is -0.116. The molecule has 0 bridgehead atoms. The molecule has 0 spiro atoms. The number of aryl methyl sites for hydroxylation is 2. The number of amides is 2. The highest BCUT2D eigenvalue weighted by Crippen LogP contribution is 2.28. The van der Waals surface area contributed by atoms with E-state index < -0.39 is 0 Å². The standard InChI is InChI=1S/C22H23N5O4/c1-30-17-9-7-13(11-18(17)31-2)8-10-19-24-22(27-26-19)25-20(28)12-16-14-5-3-4-6-15(14)21(29)23-16/h3-7,9,11,16H,8,10,12H2,1-2H3,(H,23,29)(H2,24,25,26,27,28). The van der Waals surface area contributed by atoms with E-state index in [0.717, 1.165) is 11.1 Å². The first-order valence-corrected chi connectivity index (χ1v) is 9.89. The molecule has 3 N–H and O–H groups in total. The topological polar surface area (TPSA) is 118 Å². The van der Waals surface area contributed by atoms with Crippen molar-refractivity contribution in [3.05, 3.63) is 65.0 Å². The van der Waals surface area contributed by atoms with E-state index in [1.165, 1.54) is 0 Å². The van der Waals surface area contributed by atoms with Crippen LogP contribution < -0.4 is 20.1 Å². The summed E-state index contributed by atoms with van der Waals surface area (Å²) in [6.07, 6.45) is 1.44. The Balaban J connectivity index is 1.32. The normalized spacial score (nSPS) is 14.6. The maximum absolute atomic E-state index is 12.4. The number of nitrogens with zero attached hydrogens (tertiary/aromatic N) is 2. The predicted octanol–water partition coefficient (Wildman–Crippen LogP) is 2.42. The van der Waals surface area contributed by atoms with Crippen LogP contribution in [0.15, 0.2) is 42.5 Å². The molecule has 9 nitrogen and oxygen atoms in total. The molecule has 4 rings (SSSR count). The number of benzene rings is 2. The molecule has 1 aromatic heterocycles. The van der Waals surface area contributed by atoms with Crippen molar-refractivity contribution >= 4 is 17.8 Å². The van der Waals surface area contributed by atoms with Crippen molar-refractivity contribution < 1.29 is 19.1 Å². The number of hydrogen-bond donors (Lipinski definition) is 3. The molecule has 1 aliphatic heterocycles. The number of methoxy groups -OCH3 is 2. The van der Waals surface area contributed by atoms with Gasteiger partial charge < -0.3 is 14.8 Å². The summed E-state index contributed by atoms with van der Waals surface area (Å²) in [6, 6.07) is 12.7. The van der Waals surface area contributed by atoms with E-state index in [-0.39, 0.29) is 30.2 Å². The van der Waals surface area contributed by atoms with Crippen LogP contribution in [0.2, 0.25) is 0 Å². The zero-order chi connectivity index (χ0) is 21.8. The smallest absolute Gasteiger partial charge is 0.252 e. The second kappa shape index (κ2) is 8.86. The van der Waals surface area contributed by atoms with Crippen molar-refractivity contribution in [2.45, 2.75) is 25.3 Å². The van der Waals surface area contributed by atoms with Gasteiger partial charge in [-0.2, -0.15) is 4.98 Å². The van der Waals surface area contributed by atoms with Gasteiger partial charge in [0.1, 0.15) is 5.82 Å². The molecule has 9 heteroatoms. The first kappa shape index (κ1) is 20.4. The SMILES string of the molecule is COc1ccc(CCc2nc(NC(=O)CC3NC(=O)c4ccccc43)n[nH]2)cc1OC. The second-order valence-electron chi connectivity index (χ2n) is 7.16. The fraction of sp³-hybridized carbons (Fsp3) is 0.273. The van der Waals surface area contributed by atoms with Gasteiger partial charge in [-0.3, -0.25) is 20.0 Å². The van der Waals surface area contributed by atoms with Gasteiger partial charge in [-0.1, -0.05) is 24.3 Å². The minimum Gasteiger partial charge on any atom is -0.493 e. The third kappa shape index (κ3) is 4.50. The number of H-pyrrole nitrogens is 1. The van der Waals surface area contributed by atoms with Crippen molar-refractivity contribution in [1.82, 2.24) is 20.5 Å². The number of carbonyl (C=O) groups excluding carboxylic acids is 2. The summed E-state index contributed by atoms with van der Waals surface area (Å²) in [5, 5.41) is 12.4. The minimum atomic E-state index is -0.354. The molecule has 1 atom stereocenters. The molecule has 0 saturated carbocycles. The van der Waals surface area contributed by atoms with Gasteiger partial charge in [0.05, 0.1) is 26.7 Å². The molecule has 2 aromatic carbocycles. The van der Waals surface area contributed by atoms with Crippen LogP contribution in [0, 0.1) is 0 Å².